The Morgan fingerprint density at radius 3 is 0.432 bits per heavy atom. The molecule has 0 unspecified atom stereocenters. The number of aliphatic carboxylic acids is 6. The Hall–Kier alpha value is -10.1. The summed E-state index contributed by atoms with van der Waals surface area (Å²) in [5, 5.41) is 113. The molecule has 4 heterocycles. The second kappa shape index (κ2) is 51.4. The molecule has 0 amide bonds. The molecular weight excluding hydrogens is 1550 g/mol. The van der Waals surface area contributed by atoms with Crippen molar-refractivity contribution in [1.29, 1.82) is 0 Å². The molecule has 0 saturated carbocycles. The number of carbonyl (C=O) groups excluding carboxylic acids is 6. The molecule has 0 bridgehead atoms. The van der Waals surface area contributed by atoms with Gasteiger partial charge in [-0.25, -0.2) is 0 Å². The number of hydrogen-bond donors (Lipinski definition) is 6. The third-order valence-corrected chi connectivity index (χ3v) is 11.1. The number of nitrogens with zero attached hydrogens (tertiary/aromatic N) is 4. The maximum atomic E-state index is 10.1. The number of aromatic hydroxyl groups is 6. The zero-order chi connectivity index (χ0) is 66.1. The second-order valence-corrected chi connectivity index (χ2v) is 18.2. The van der Waals surface area contributed by atoms with Gasteiger partial charge in [-0.05, 0) is 177 Å². The fourth-order valence-corrected chi connectivity index (χ4v) is 6.86. The van der Waals surface area contributed by atoms with Gasteiger partial charge in [0.05, 0.1) is 0 Å². The van der Waals surface area contributed by atoms with Gasteiger partial charge in [-0.15, -0.1) is 0 Å². The van der Waals surface area contributed by atoms with Gasteiger partial charge in [0.25, 0.3) is 0 Å². The summed E-state index contributed by atoms with van der Waals surface area (Å²) in [6.07, 6.45) is 13.6. The molecule has 0 saturated heterocycles. The monoisotopic (exact) mass is 1610 g/mol. The maximum absolute atomic E-state index is 10.1. The second-order valence-electron chi connectivity index (χ2n) is 18.2. The predicted molar refractivity (Wildman–Crippen MR) is 329 cm³/mol. The van der Waals surface area contributed by atoms with E-state index in [0.29, 0.717) is 33.4 Å². The molecule has 27 heteroatoms. The summed E-state index contributed by atoms with van der Waals surface area (Å²) < 4.78 is 0. The van der Waals surface area contributed by atoms with Crippen molar-refractivity contribution in [2.24, 2.45) is 0 Å². The summed E-state index contributed by atoms with van der Waals surface area (Å²) in [6, 6.07) is 51.7. The number of carboxylic acids is 6. The molecule has 4 aromatic heterocycles. The molecule has 0 atom stereocenters. The van der Waals surface area contributed by atoms with Crippen molar-refractivity contribution in [1.82, 2.24) is 19.9 Å². The number of rotatable bonds is 14. The standard InChI is InChI=1S/2C10H8N2.6C8H8O3.3H2O.2Tm/c2*1-5-11-6-2-9(1)10-3-7-12-8-4-10;6*9-7-3-1-6(2-4-7)5-8(10)11;;;;;/h2*1-8H;6*1-4,9H,5H2,(H,10,11);3*1H2;;/q;;;;;;;;;;;2*+3/p-4. The molecule has 0 spiro atoms. The zero-order valence-electron chi connectivity index (χ0n) is 49.9. The van der Waals surface area contributed by atoms with Crippen molar-refractivity contribution >= 4 is 35.8 Å². The SMILES string of the molecule is O.O=C([O-])Cc1ccc(O)cc1.O=C([O-])Cc1ccc(O)cc1.O=C([O-])Cc1ccc(O)cc1.O=C([O-])Cc1ccc(O)cc1.O=C([O-])Cc1ccc(O)cc1.O=C([O-])Cc1ccc(O)cc1.[OH3+].[OH3+].[Tm+3].[Tm+3].c1cc(-c2ccncc2)ccn1.c1cc(-c2ccncc2)ccn1. The van der Waals surface area contributed by atoms with Crippen molar-refractivity contribution in [3.8, 4) is 56.8 Å². The predicted octanol–water partition coefficient (Wildman–Crippen LogP) is -0.274. The molecule has 10 rings (SSSR count). The van der Waals surface area contributed by atoms with Gasteiger partial charge in [0.1, 0.15) is 34.5 Å². The van der Waals surface area contributed by atoms with Crippen LogP contribution in [0.2, 0.25) is 0 Å². The molecule has 0 aliphatic carbocycles. The first-order valence-electron chi connectivity index (χ1n) is 26.5. The molecule has 0 fully saturated rings. The van der Waals surface area contributed by atoms with Gasteiger partial charge >= 0.3 is 73.7 Å². The van der Waals surface area contributed by atoms with Crippen LogP contribution in [0, 0.1) is 73.7 Å². The summed E-state index contributed by atoms with van der Waals surface area (Å²) >= 11 is 0. The van der Waals surface area contributed by atoms with E-state index in [0.717, 1.165) is 0 Å². The van der Waals surface area contributed by atoms with Gasteiger partial charge < -0.3 is 106 Å². The topological polar surface area (TPSA) is 511 Å². The molecule has 508 valence electrons. The molecular formula is C68H66N4O21Tm2+2. The number of carbonyl (C=O) groups is 6. The molecule has 6 aromatic carbocycles. The largest absolute Gasteiger partial charge is 3.00 e. The van der Waals surface area contributed by atoms with Crippen LogP contribution in [0.15, 0.2) is 244 Å². The Balaban J connectivity index is -0.00000101. The first-order chi connectivity index (χ1) is 43.0. The van der Waals surface area contributed by atoms with Gasteiger partial charge in [0.2, 0.25) is 0 Å². The van der Waals surface area contributed by atoms with Crippen LogP contribution in [0.5, 0.6) is 34.5 Å². The molecule has 10 aromatic rings. The Morgan fingerprint density at radius 2 is 0.337 bits per heavy atom. The fraction of sp³-hybridized carbons (Fsp3) is 0.0882. The maximum Gasteiger partial charge on any atom is 3.00 e. The van der Waals surface area contributed by atoms with Crippen LogP contribution in [0.3, 0.4) is 0 Å². The molecule has 0 radical (unpaired) electrons. The van der Waals surface area contributed by atoms with Gasteiger partial charge in [0, 0.05) is 124 Å². The molecule has 14 N–H and O–H groups in total. The number of phenolic OH excluding ortho intramolecular Hbond substituents is 6. The van der Waals surface area contributed by atoms with E-state index in [9.17, 15) is 59.4 Å². The van der Waals surface area contributed by atoms with Crippen molar-refractivity contribution < 1.29 is 180 Å². The van der Waals surface area contributed by atoms with E-state index in [1.165, 1.54) is 95.1 Å². The minimum atomic E-state index is -1.12. The van der Waals surface area contributed by atoms with Crippen LogP contribution in [-0.2, 0) is 78.2 Å². The number of pyridine rings is 4. The first-order valence-corrected chi connectivity index (χ1v) is 26.5. The zero-order valence-corrected chi connectivity index (χ0v) is 53.5. The summed E-state index contributed by atoms with van der Waals surface area (Å²) in [5.41, 5.74) is 8.46. The molecule has 25 nitrogen and oxygen atoms in total. The van der Waals surface area contributed by atoms with Crippen LogP contribution in [0.25, 0.3) is 22.3 Å². The van der Waals surface area contributed by atoms with Crippen molar-refractivity contribution in [3.63, 3.8) is 0 Å². The number of aromatic nitrogens is 4. The quantitative estimate of drug-likeness (QED) is 0.0763. The number of carboxylic acid groups (broad SMARTS) is 6. The third kappa shape index (κ3) is 43.4. The van der Waals surface area contributed by atoms with E-state index in [1.807, 2.05) is 48.5 Å². The third-order valence-electron chi connectivity index (χ3n) is 11.1. The summed E-state index contributed by atoms with van der Waals surface area (Å²) in [7, 11) is 0. The van der Waals surface area contributed by atoms with Gasteiger partial charge in [-0.1, -0.05) is 72.8 Å². The van der Waals surface area contributed by atoms with Gasteiger partial charge in [-0.3, -0.25) is 19.9 Å². The smallest absolute Gasteiger partial charge is 0.550 e. The molecule has 0 aliphatic heterocycles. The number of phenols is 6. The molecule has 0 aliphatic rings. The minimum Gasteiger partial charge on any atom is -0.550 e. The summed E-state index contributed by atoms with van der Waals surface area (Å²) in [4.78, 5) is 76.3. The van der Waals surface area contributed by atoms with E-state index in [2.05, 4.69) is 19.9 Å². The number of hydrogen-bond acceptors (Lipinski definition) is 22. The number of benzene rings is 6. The van der Waals surface area contributed by atoms with Gasteiger partial charge in [-0.2, -0.15) is 0 Å². The Morgan fingerprint density at radius 1 is 0.232 bits per heavy atom. The summed E-state index contributed by atoms with van der Waals surface area (Å²) in [6.45, 7) is 0. The normalized spacial score (nSPS) is 9.01. The Labute approximate surface area is 603 Å². The van der Waals surface area contributed by atoms with E-state index < -0.39 is 35.8 Å². The van der Waals surface area contributed by atoms with E-state index >= 15 is 0 Å². The van der Waals surface area contributed by atoms with Crippen molar-refractivity contribution in [2.75, 3.05) is 0 Å². The molecule has 95 heavy (non-hydrogen) atoms. The van der Waals surface area contributed by atoms with Gasteiger partial charge in [0.15, 0.2) is 0 Å². The van der Waals surface area contributed by atoms with E-state index in [4.69, 9.17) is 30.6 Å². The minimum absolute atomic E-state index is 0. The van der Waals surface area contributed by atoms with Crippen molar-refractivity contribution in [2.45, 2.75) is 38.5 Å². The Bertz CT molecular complexity index is 3110. The van der Waals surface area contributed by atoms with E-state index in [-0.39, 0.29) is 163 Å². The van der Waals surface area contributed by atoms with Crippen LogP contribution in [0.4, 0.5) is 0 Å². The van der Waals surface area contributed by atoms with E-state index in [1.54, 1.807) is 122 Å². The first kappa shape index (κ1) is 89.1. The average molecular weight is 1610 g/mol. The summed E-state index contributed by atoms with van der Waals surface area (Å²) in [5.74, 6) is -5.90. The fourth-order valence-electron chi connectivity index (χ4n) is 6.86. The van der Waals surface area contributed by atoms with Crippen molar-refractivity contribution in [3.05, 3.63) is 277 Å². The Kier molecular flexibility index (Phi) is 48.2. The van der Waals surface area contributed by atoms with Crippen LogP contribution >= 0.6 is 0 Å². The van der Waals surface area contributed by atoms with Crippen LogP contribution in [-0.4, -0.2) is 91.9 Å². The van der Waals surface area contributed by atoms with Crippen LogP contribution < -0.4 is 30.6 Å². The van der Waals surface area contributed by atoms with Crippen LogP contribution in [0.1, 0.15) is 33.4 Å². The average Bonchev–Trinajstić information content (AvgIpc) is 3.10.